The molecule has 0 amide bonds. The number of carboxylic acid groups (broad SMARTS) is 1. The van der Waals surface area contributed by atoms with E-state index >= 15 is 0 Å². The molecule has 3 unspecified atom stereocenters. The predicted molar refractivity (Wildman–Crippen MR) is 139 cm³/mol. The number of rotatable bonds is 5. The van der Waals surface area contributed by atoms with E-state index in [0.717, 1.165) is 67.0 Å². The molecule has 0 aromatic heterocycles. The first-order chi connectivity index (χ1) is 16.4. The summed E-state index contributed by atoms with van der Waals surface area (Å²) >= 11 is 7.09. The standard InChI is InChI=1S/C29H39ClN2O2/c1-3-20-7-8-21-14-19(17-32-24-11-12-25(32)16-22(15-24)29(33)34)6-13-26(21)27(30)28(20)31-23-9-4-18(2)5-10-23/h6,8,13-14,18,20,22-25H,3-5,7,9-12,15-17H2,1-2H3,(H,33,34). The fourth-order valence-electron chi connectivity index (χ4n) is 6.81. The monoisotopic (exact) mass is 482 g/mol. The number of fused-ring (bicyclic) bond motifs is 3. The Morgan fingerprint density at radius 2 is 1.82 bits per heavy atom. The lowest BCUT2D eigenvalue weighted by Crippen LogP contribution is -2.44. The number of hydrogen-bond donors (Lipinski definition) is 1. The lowest BCUT2D eigenvalue weighted by molar-refractivity contribution is -0.144. The highest BCUT2D eigenvalue weighted by Crippen LogP contribution is 2.39. The first-order valence-corrected chi connectivity index (χ1v) is 13.9. The Labute approximate surface area is 208 Å². The Morgan fingerprint density at radius 3 is 2.47 bits per heavy atom. The maximum Gasteiger partial charge on any atom is 0.306 e. The summed E-state index contributed by atoms with van der Waals surface area (Å²) in [5.74, 6) is 0.420. The molecule has 2 aliphatic carbocycles. The minimum Gasteiger partial charge on any atom is -0.481 e. The first-order valence-electron chi connectivity index (χ1n) is 13.5. The van der Waals surface area contributed by atoms with E-state index < -0.39 is 5.97 Å². The van der Waals surface area contributed by atoms with Crippen LogP contribution in [0.1, 0.15) is 83.6 Å². The summed E-state index contributed by atoms with van der Waals surface area (Å²) in [6.07, 6.45) is 13.2. The highest BCUT2D eigenvalue weighted by molar-refractivity contribution is 6.62. The van der Waals surface area contributed by atoms with Crippen LogP contribution in [0.5, 0.6) is 0 Å². The van der Waals surface area contributed by atoms with Crippen LogP contribution in [0.25, 0.3) is 11.1 Å². The van der Waals surface area contributed by atoms with Crippen LogP contribution in [0.15, 0.2) is 23.2 Å². The van der Waals surface area contributed by atoms with Gasteiger partial charge in [0, 0.05) is 29.8 Å². The average Bonchev–Trinajstić information content (AvgIpc) is 2.99. The van der Waals surface area contributed by atoms with Crippen LogP contribution in [0, 0.1) is 17.8 Å². The van der Waals surface area contributed by atoms with Crippen LogP contribution < -0.4 is 10.4 Å². The molecule has 1 saturated carbocycles. The van der Waals surface area contributed by atoms with Crippen LogP contribution >= 0.6 is 11.6 Å². The van der Waals surface area contributed by atoms with Crippen molar-refractivity contribution in [3.8, 4) is 0 Å². The third-order valence-corrected chi connectivity index (χ3v) is 9.38. The summed E-state index contributed by atoms with van der Waals surface area (Å²) in [6, 6.07) is 7.96. The number of piperidine rings is 1. The van der Waals surface area contributed by atoms with Crippen LogP contribution in [-0.2, 0) is 11.3 Å². The largest absolute Gasteiger partial charge is 0.481 e. The van der Waals surface area contributed by atoms with Crippen molar-refractivity contribution in [2.24, 2.45) is 22.7 Å². The van der Waals surface area contributed by atoms with Crippen molar-refractivity contribution in [3.63, 3.8) is 0 Å². The van der Waals surface area contributed by atoms with E-state index in [9.17, 15) is 9.90 Å². The maximum atomic E-state index is 11.5. The molecule has 2 bridgehead atoms. The van der Waals surface area contributed by atoms with Gasteiger partial charge in [-0.05, 0) is 80.9 Å². The molecule has 3 atom stereocenters. The second-order valence-corrected chi connectivity index (χ2v) is 11.7. The topological polar surface area (TPSA) is 52.9 Å². The summed E-state index contributed by atoms with van der Waals surface area (Å²) in [7, 11) is 0. The lowest BCUT2D eigenvalue weighted by Gasteiger charge is -2.37. The number of benzene rings is 1. The van der Waals surface area contributed by atoms with E-state index in [-0.39, 0.29) is 5.92 Å². The molecule has 4 aliphatic rings. The van der Waals surface area contributed by atoms with Crippen molar-refractivity contribution in [1.82, 2.24) is 4.90 Å². The van der Waals surface area contributed by atoms with Gasteiger partial charge in [0.05, 0.1) is 22.7 Å². The van der Waals surface area contributed by atoms with E-state index in [1.165, 1.54) is 36.5 Å². The van der Waals surface area contributed by atoms with Crippen molar-refractivity contribution in [2.75, 3.05) is 0 Å². The minimum atomic E-state index is -0.618. The van der Waals surface area contributed by atoms with Gasteiger partial charge in [0.2, 0.25) is 0 Å². The van der Waals surface area contributed by atoms with E-state index in [1.807, 2.05) is 0 Å². The molecule has 3 fully saturated rings. The molecule has 1 aromatic carbocycles. The van der Waals surface area contributed by atoms with Gasteiger partial charge < -0.3 is 5.11 Å². The molecule has 5 rings (SSSR count). The highest BCUT2D eigenvalue weighted by atomic mass is 35.5. The number of hydrogen-bond acceptors (Lipinski definition) is 3. The average molecular weight is 483 g/mol. The van der Waals surface area contributed by atoms with Gasteiger partial charge >= 0.3 is 5.97 Å². The molecule has 1 aromatic rings. The van der Waals surface area contributed by atoms with Gasteiger partial charge in [-0.1, -0.05) is 49.7 Å². The zero-order valence-electron chi connectivity index (χ0n) is 20.7. The molecule has 0 radical (unpaired) electrons. The molecule has 2 saturated heterocycles. The zero-order valence-corrected chi connectivity index (χ0v) is 21.4. The summed E-state index contributed by atoms with van der Waals surface area (Å²) in [5, 5.41) is 12.7. The van der Waals surface area contributed by atoms with Gasteiger partial charge in [0.1, 0.15) is 0 Å². The second-order valence-electron chi connectivity index (χ2n) is 11.3. The SMILES string of the molecule is CCC1CC=c2cc(CN3C4CCC3CC(C(=O)O)C4)ccc2=C(Cl)C1=NC1CCC(C)CC1. The molecule has 34 heavy (non-hydrogen) atoms. The zero-order chi connectivity index (χ0) is 23.8. The van der Waals surface area contributed by atoms with E-state index in [2.05, 4.69) is 43.0 Å². The Kier molecular flexibility index (Phi) is 7.18. The summed E-state index contributed by atoms with van der Waals surface area (Å²) < 4.78 is 0. The summed E-state index contributed by atoms with van der Waals surface area (Å²) in [4.78, 5) is 19.4. The fraction of sp³-hybridized carbons (Fsp3) is 0.655. The van der Waals surface area contributed by atoms with E-state index in [4.69, 9.17) is 16.6 Å². The first kappa shape index (κ1) is 24.1. The third kappa shape index (κ3) is 4.86. The molecule has 184 valence electrons. The van der Waals surface area contributed by atoms with Crippen molar-refractivity contribution >= 4 is 34.4 Å². The van der Waals surface area contributed by atoms with Gasteiger partial charge in [0.15, 0.2) is 0 Å². The number of carbonyl (C=O) groups is 1. The number of halogens is 1. The molecule has 0 spiro atoms. The van der Waals surface area contributed by atoms with Gasteiger partial charge in [-0.3, -0.25) is 14.7 Å². The molecule has 1 N–H and O–H groups in total. The van der Waals surface area contributed by atoms with Gasteiger partial charge in [-0.2, -0.15) is 0 Å². The second kappa shape index (κ2) is 10.1. The Bertz CT molecular complexity index is 1060. The maximum absolute atomic E-state index is 11.5. The third-order valence-electron chi connectivity index (χ3n) is 8.98. The van der Waals surface area contributed by atoms with Crippen LogP contribution in [-0.4, -0.2) is 39.8 Å². The predicted octanol–water partition coefficient (Wildman–Crippen LogP) is 5.09. The molecular formula is C29H39ClN2O2. The Balaban J connectivity index is 1.41. The Morgan fingerprint density at radius 1 is 1.12 bits per heavy atom. The Hall–Kier alpha value is -1.65. The van der Waals surface area contributed by atoms with Crippen molar-refractivity contribution < 1.29 is 9.90 Å². The number of aliphatic imine (C=N–C) groups is 1. The summed E-state index contributed by atoms with van der Waals surface area (Å²) in [6.45, 7) is 5.50. The van der Waals surface area contributed by atoms with Crippen molar-refractivity contribution in [1.29, 1.82) is 0 Å². The van der Waals surface area contributed by atoms with Crippen LogP contribution in [0.3, 0.4) is 0 Å². The van der Waals surface area contributed by atoms with E-state index in [1.54, 1.807) is 0 Å². The smallest absolute Gasteiger partial charge is 0.306 e. The van der Waals surface area contributed by atoms with E-state index in [0.29, 0.717) is 24.0 Å². The number of carboxylic acids is 1. The quantitative estimate of drug-likeness (QED) is 0.635. The van der Waals surface area contributed by atoms with Gasteiger partial charge in [-0.15, -0.1) is 0 Å². The minimum absolute atomic E-state index is 0.168. The molecule has 4 nitrogen and oxygen atoms in total. The van der Waals surface area contributed by atoms with Crippen LogP contribution in [0.4, 0.5) is 0 Å². The molecule has 2 aliphatic heterocycles. The van der Waals surface area contributed by atoms with Crippen LogP contribution in [0.2, 0.25) is 0 Å². The van der Waals surface area contributed by atoms with Gasteiger partial charge in [0.25, 0.3) is 0 Å². The molecule has 5 heteroatoms. The lowest BCUT2D eigenvalue weighted by atomic mass is 9.87. The highest BCUT2D eigenvalue weighted by Gasteiger charge is 2.42. The van der Waals surface area contributed by atoms with Gasteiger partial charge in [-0.25, -0.2) is 0 Å². The van der Waals surface area contributed by atoms with Crippen molar-refractivity contribution in [3.05, 3.63) is 34.2 Å². The van der Waals surface area contributed by atoms with Crippen molar-refractivity contribution in [2.45, 2.75) is 103 Å². The number of aliphatic carboxylic acids is 1. The molecular weight excluding hydrogens is 444 g/mol. The number of nitrogens with zero attached hydrogens (tertiary/aromatic N) is 2. The fourth-order valence-corrected chi connectivity index (χ4v) is 7.19. The summed E-state index contributed by atoms with van der Waals surface area (Å²) in [5.41, 5.74) is 2.43. The normalized spacial score (nSPS) is 35.0. The molecule has 2 heterocycles.